The minimum absolute atomic E-state index is 0. The molecule has 2 aliphatic rings. The lowest BCUT2D eigenvalue weighted by Gasteiger charge is -2.23. The lowest BCUT2D eigenvalue weighted by atomic mass is 9.97. The fraction of sp³-hybridized carbons (Fsp3) is 0.933. The highest BCUT2D eigenvalue weighted by Gasteiger charge is 2.25. The van der Waals surface area contributed by atoms with E-state index in [1.54, 1.807) is 0 Å². The number of carbonyl (C=O) groups is 1. The normalized spacial score (nSPS) is 24.6. The molecule has 118 valence electrons. The Morgan fingerprint density at radius 1 is 1.30 bits per heavy atom. The van der Waals surface area contributed by atoms with Crippen molar-refractivity contribution in [1.29, 1.82) is 0 Å². The van der Waals surface area contributed by atoms with Gasteiger partial charge in [0.15, 0.2) is 0 Å². The molecule has 0 aliphatic carbocycles. The van der Waals surface area contributed by atoms with Gasteiger partial charge in [-0.2, -0.15) is 0 Å². The molecule has 0 saturated carbocycles. The molecule has 0 aromatic heterocycles. The number of hydrogen-bond acceptors (Lipinski definition) is 3. The molecule has 4 nitrogen and oxygen atoms in total. The molecule has 2 aliphatic heterocycles. The monoisotopic (exact) mass is 303 g/mol. The second-order valence-corrected chi connectivity index (χ2v) is 6.58. The number of hydrogen-bond donors (Lipinski definition) is 2. The largest absolute Gasteiger partial charge is 0.356 e. The predicted molar refractivity (Wildman–Crippen MR) is 85.2 cm³/mol. The Kier molecular flexibility index (Phi) is 7.85. The maximum absolute atomic E-state index is 12.1. The molecule has 1 unspecified atom stereocenters. The number of amides is 1. The molecular weight excluding hydrogens is 274 g/mol. The molecule has 20 heavy (non-hydrogen) atoms. The predicted octanol–water partition coefficient (Wildman–Crippen LogP) is 1.50. The van der Waals surface area contributed by atoms with Crippen molar-refractivity contribution in [3.8, 4) is 0 Å². The summed E-state index contributed by atoms with van der Waals surface area (Å²) >= 11 is 0. The van der Waals surface area contributed by atoms with Crippen molar-refractivity contribution in [2.75, 3.05) is 39.3 Å². The number of rotatable bonds is 5. The molecule has 5 heteroatoms. The molecule has 2 N–H and O–H groups in total. The Balaban J connectivity index is 0.00000200. The van der Waals surface area contributed by atoms with E-state index in [1.807, 2.05) is 0 Å². The molecule has 1 atom stereocenters. The van der Waals surface area contributed by atoms with E-state index in [2.05, 4.69) is 29.4 Å². The zero-order valence-electron chi connectivity index (χ0n) is 12.9. The Bertz CT molecular complexity index is 293. The lowest BCUT2D eigenvalue weighted by molar-refractivity contribution is -0.125. The first-order chi connectivity index (χ1) is 9.15. The minimum atomic E-state index is 0. The van der Waals surface area contributed by atoms with Crippen LogP contribution < -0.4 is 10.6 Å². The minimum Gasteiger partial charge on any atom is -0.356 e. The summed E-state index contributed by atoms with van der Waals surface area (Å²) in [5, 5.41) is 6.48. The van der Waals surface area contributed by atoms with E-state index >= 15 is 0 Å². The van der Waals surface area contributed by atoms with Crippen LogP contribution in [0.5, 0.6) is 0 Å². The second kappa shape index (κ2) is 8.85. The van der Waals surface area contributed by atoms with Crippen molar-refractivity contribution >= 4 is 18.3 Å². The van der Waals surface area contributed by atoms with Crippen molar-refractivity contribution in [3.63, 3.8) is 0 Å². The zero-order valence-corrected chi connectivity index (χ0v) is 13.7. The zero-order chi connectivity index (χ0) is 13.7. The van der Waals surface area contributed by atoms with Crippen LogP contribution >= 0.6 is 12.4 Å². The van der Waals surface area contributed by atoms with Crippen LogP contribution in [0.2, 0.25) is 0 Å². The Hall–Kier alpha value is -0.320. The molecule has 0 aromatic rings. The van der Waals surface area contributed by atoms with Crippen molar-refractivity contribution in [1.82, 2.24) is 15.5 Å². The van der Waals surface area contributed by atoms with Crippen LogP contribution in [-0.2, 0) is 4.79 Å². The van der Waals surface area contributed by atoms with Crippen LogP contribution in [0.1, 0.15) is 33.1 Å². The van der Waals surface area contributed by atoms with Gasteiger partial charge in [0.25, 0.3) is 0 Å². The molecule has 0 spiro atoms. The quantitative estimate of drug-likeness (QED) is 0.809. The third-order valence-corrected chi connectivity index (χ3v) is 4.27. The second-order valence-electron chi connectivity index (χ2n) is 6.58. The van der Waals surface area contributed by atoms with E-state index in [4.69, 9.17) is 0 Å². The van der Waals surface area contributed by atoms with Crippen LogP contribution in [0.15, 0.2) is 0 Å². The van der Waals surface area contributed by atoms with Crippen molar-refractivity contribution in [2.24, 2.45) is 17.8 Å². The SMILES string of the molecule is CC(C)CN1CCC(CNC(=O)C2CCNCC2)C1.Cl. The van der Waals surface area contributed by atoms with Gasteiger partial charge in [0.1, 0.15) is 0 Å². The van der Waals surface area contributed by atoms with Crippen LogP contribution in [0.4, 0.5) is 0 Å². The van der Waals surface area contributed by atoms with Crippen molar-refractivity contribution in [2.45, 2.75) is 33.1 Å². The van der Waals surface area contributed by atoms with E-state index in [0.717, 1.165) is 44.9 Å². The van der Waals surface area contributed by atoms with Gasteiger partial charge in [-0.1, -0.05) is 13.8 Å². The molecule has 2 rings (SSSR count). The van der Waals surface area contributed by atoms with Crippen molar-refractivity contribution in [3.05, 3.63) is 0 Å². The van der Waals surface area contributed by atoms with E-state index < -0.39 is 0 Å². The molecular formula is C15H30ClN3O. The summed E-state index contributed by atoms with van der Waals surface area (Å²) in [5.74, 6) is 1.92. The third-order valence-electron chi connectivity index (χ3n) is 4.27. The van der Waals surface area contributed by atoms with Gasteiger partial charge in [-0.3, -0.25) is 4.79 Å². The maximum atomic E-state index is 12.1. The molecule has 0 aromatic carbocycles. The average Bonchev–Trinajstić information content (AvgIpc) is 2.84. The number of halogens is 1. The molecule has 1 amide bonds. The Morgan fingerprint density at radius 3 is 2.65 bits per heavy atom. The van der Waals surface area contributed by atoms with E-state index in [-0.39, 0.29) is 24.2 Å². The highest BCUT2D eigenvalue weighted by molar-refractivity contribution is 5.85. The Morgan fingerprint density at radius 2 is 2.00 bits per heavy atom. The fourth-order valence-electron chi connectivity index (χ4n) is 3.24. The summed E-state index contributed by atoms with van der Waals surface area (Å²) in [6, 6.07) is 0. The topological polar surface area (TPSA) is 44.4 Å². The first-order valence-corrected chi connectivity index (χ1v) is 7.86. The number of likely N-dealkylation sites (tertiary alicyclic amines) is 1. The smallest absolute Gasteiger partial charge is 0.223 e. The molecule has 2 saturated heterocycles. The number of carbonyl (C=O) groups excluding carboxylic acids is 1. The van der Waals surface area contributed by atoms with Gasteiger partial charge in [0.05, 0.1) is 0 Å². The highest BCUT2D eigenvalue weighted by Crippen LogP contribution is 2.17. The summed E-state index contributed by atoms with van der Waals surface area (Å²) in [6.07, 6.45) is 3.23. The molecule has 2 heterocycles. The van der Waals surface area contributed by atoms with Gasteiger partial charge in [0.2, 0.25) is 5.91 Å². The Labute approximate surface area is 129 Å². The maximum Gasteiger partial charge on any atom is 0.223 e. The van der Waals surface area contributed by atoms with Crippen LogP contribution in [-0.4, -0.2) is 50.1 Å². The van der Waals surface area contributed by atoms with Crippen LogP contribution in [0, 0.1) is 17.8 Å². The highest BCUT2D eigenvalue weighted by atomic mass is 35.5. The molecule has 0 bridgehead atoms. The standard InChI is InChI=1S/C15H29N3O.ClH/c1-12(2)10-18-8-5-13(11-18)9-17-15(19)14-3-6-16-7-4-14;/h12-14,16H,3-11H2,1-2H3,(H,17,19);1H. The number of nitrogens with zero attached hydrogens (tertiary/aromatic N) is 1. The summed E-state index contributed by atoms with van der Waals surface area (Å²) in [7, 11) is 0. The first-order valence-electron chi connectivity index (χ1n) is 7.86. The molecule has 2 fully saturated rings. The lowest BCUT2D eigenvalue weighted by Crippen LogP contribution is -2.40. The number of piperidine rings is 1. The van der Waals surface area contributed by atoms with Gasteiger partial charge >= 0.3 is 0 Å². The van der Waals surface area contributed by atoms with Gasteiger partial charge in [-0.25, -0.2) is 0 Å². The summed E-state index contributed by atoms with van der Waals surface area (Å²) in [6.45, 7) is 10.9. The van der Waals surface area contributed by atoms with Crippen LogP contribution in [0.3, 0.4) is 0 Å². The summed E-state index contributed by atoms with van der Waals surface area (Å²) < 4.78 is 0. The molecule has 0 radical (unpaired) electrons. The van der Waals surface area contributed by atoms with E-state index in [9.17, 15) is 4.79 Å². The van der Waals surface area contributed by atoms with Crippen molar-refractivity contribution < 1.29 is 4.79 Å². The number of nitrogens with one attached hydrogen (secondary N) is 2. The van der Waals surface area contributed by atoms with Gasteiger partial charge in [0, 0.05) is 25.6 Å². The average molecular weight is 304 g/mol. The third kappa shape index (κ3) is 5.58. The summed E-state index contributed by atoms with van der Waals surface area (Å²) in [4.78, 5) is 14.6. The van der Waals surface area contributed by atoms with Crippen LogP contribution in [0.25, 0.3) is 0 Å². The van der Waals surface area contributed by atoms with Gasteiger partial charge in [-0.15, -0.1) is 12.4 Å². The first kappa shape index (κ1) is 17.7. The van der Waals surface area contributed by atoms with E-state index in [1.165, 1.54) is 19.5 Å². The van der Waals surface area contributed by atoms with Gasteiger partial charge < -0.3 is 15.5 Å². The van der Waals surface area contributed by atoms with Gasteiger partial charge in [-0.05, 0) is 50.7 Å². The summed E-state index contributed by atoms with van der Waals surface area (Å²) in [5.41, 5.74) is 0. The van der Waals surface area contributed by atoms with E-state index in [0.29, 0.717) is 5.92 Å². The fourth-order valence-corrected chi connectivity index (χ4v) is 3.24.